The molecule has 1 aromatic rings. The van der Waals surface area contributed by atoms with Gasteiger partial charge in [-0.15, -0.1) is 0 Å². The third-order valence-electron chi connectivity index (χ3n) is 4.05. The van der Waals surface area contributed by atoms with Gasteiger partial charge < -0.3 is 10.5 Å². The van der Waals surface area contributed by atoms with E-state index in [-0.39, 0.29) is 18.2 Å². The van der Waals surface area contributed by atoms with E-state index in [9.17, 15) is 4.79 Å². The second kappa shape index (κ2) is 5.64. The molecule has 0 aromatic carbocycles. The summed E-state index contributed by atoms with van der Waals surface area (Å²) in [4.78, 5) is 22.5. The van der Waals surface area contributed by atoms with E-state index in [0.29, 0.717) is 18.2 Å². The van der Waals surface area contributed by atoms with Crippen LogP contribution in [-0.2, 0) is 4.74 Å². The Morgan fingerprint density at radius 1 is 1.30 bits per heavy atom. The van der Waals surface area contributed by atoms with Crippen LogP contribution in [0.1, 0.15) is 50.4 Å². The number of carbonyl (C=O) groups is 1. The highest BCUT2D eigenvalue weighted by molar-refractivity contribution is 5.68. The number of ether oxygens (including phenoxy) is 1. The highest BCUT2D eigenvalue weighted by Gasteiger charge is 2.34. The quantitative estimate of drug-likeness (QED) is 0.896. The number of hydrogen-bond donors (Lipinski definition) is 1. The standard InChI is InChI=1S/C14H20N4O2/c15-12-7-8-16-13(17-12)11-6-3-9-18(11)14(19)20-10-4-1-2-5-10/h7-8,10-11H,1-6,9H2,(H2,15,16,17). The van der Waals surface area contributed by atoms with Gasteiger partial charge in [-0.1, -0.05) is 0 Å². The Morgan fingerprint density at radius 2 is 2.10 bits per heavy atom. The first-order valence-corrected chi connectivity index (χ1v) is 7.30. The van der Waals surface area contributed by atoms with Gasteiger partial charge >= 0.3 is 6.09 Å². The molecule has 0 spiro atoms. The molecule has 2 N–H and O–H groups in total. The molecule has 0 radical (unpaired) electrons. The van der Waals surface area contributed by atoms with Crippen LogP contribution < -0.4 is 5.73 Å². The van der Waals surface area contributed by atoms with E-state index < -0.39 is 0 Å². The number of amides is 1. The van der Waals surface area contributed by atoms with Crippen LogP contribution in [-0.4, -0.2) is 33.6 Å². The second-order valence-corrected chi connectivity index (χ2v) is 5.48. The lowest BCUT2D eigenvalue weighted by atomic mass is 10.2. The van der Waals surface area contributed by atoms with Crippen LogP contribution in [0.15, 0.2) is 12.3 Å². The Bertz CT molecular complexity index is 488. The molecule has 2 aliphatic rings. The Hall–Kier alpha value is -1.85. The number of nitrogens with zero attached hydrogens (tertiary/aromatic N) is 3. The van der Waals surface area contributed by atoms with Gasteiger partial charge in [0.05, 0.1) is 6.04 Å². The summed E-state index contributed by atoms with van der Waals surface area (Å²) < 4.78 is 5.58. The molecule has 1 saturated carbocycles. The maximum absolute atomic E-state index is 12.3. The number of nitrogen functional groups attached to an aromatic ring is 1. The van der Waals surface area contributed by atoms with E-state index in [1.54, 1.807) is 17.2 Å². The molecular weight excluding hydrogens is 256 g/mol. The number of anilines is 1. The van der Waals surface area contributed by atoms with Crippen molar-refractivity contribution in [3.63, 3.8) is 0 Å². The molecule has 1 aliphatic heterocycles. The fraction of sp³-hybridized carbons (Fsp3) is 0.643. The minimum Gasteiger partial charge on any atom is -0.446 e. The molecule has 1 unspecified atom stereocenters. The molecule has 0 bridgehead atoms. The zero-order valence-corrected chi connectivity index (χ0v) is 11.5. The average molecular weight is 276 g/mol. The molecule has 3 rings (SSSR count). The fourth-order valence-corrected chi connectivity index (χ4v) is 3.02. The van der Waals surface area contributed by atoms with Crippen molar-refractivity contribution in [1.29, 1.82) is 0 Å². The van der Waals surface area contributed by atoms with E-state index in [1.807, 2.05) is 0 Å². The lowest BCUT2D eigenvalue weighted by Crippen LogP contribution is -2.34. The van der Waals surface area contributed by atoms with E-state index in [1.165, 1.54) is 0 Å². The van der Waals surface area contributed by atoms with Gasteiger partial charge in [-0.25, -0.2) is 14.8 Å². The van der Waals surface area contributed by atoms with Crippen molar-refractivity contribution >= 4 is 11.9 Å². The van der Waals surface area contributed by atoms with Gasteiger partial charge in [0.2, 0.25) is 0 Å². The smallest absolute Gasteiger partial charge is 0.410 e. The topological polar surface area (TPSA) is 81.3 Å². The third-order valence-corrected chi connectivity index (χ3v) is 4.05. The second-order valence-electron chi connectivity index (χ2n) is 5.48. The first-order chi connectivity index (χ1) is 9.74. The zero-order valence-electron chi connectivity index (χ0n) is 11.5. The molecule has 1 aromatic heterocycles. The highest BCUT2D eigenvalue weighted by atomic mass is 16.6. The van der Waals surface area contributed by atoms with Gasteiger partial charge in [-0.3, -0.25) is 4.90 Å². The molecule has 6 heteroatoms. The van der Waals surface area contributed by atoms with E-state index >= 15 is 0 Å². The van der Waals surface area contributed by atoms with Crippen LogP contribution in [0.4, 0.5) is 10.6 Å². The fourth-order valence-electron chi connectivity index (χ4n) is 3.02. The number of carbonyl (C=O) groups excluding carboxylic acids is 1. The van der Waals surface area contributed by atoms with Crippen LogP contribution in [0, 0.1) is 0 Å². The highest BCUT2D eigenvalue weighted by Crippen LogP contribution is 2.31. The van der Waals surface area contributed by atoms with Crippen molar-refractivity contribution in [3.8, 4) is 0 Å². The Morgan fingerprint density at radius 3 is 2.85 bits per heavy atom. The molecule has 2 heterocycles. The van der Waals surface area contributed by atoms with Crippen LogP contribution in [0.2, 0.25) is 0 Å². The largest absolute Gasteiger partial charge is 0.446 e. The number of hydrogen-bond acceptors (Lipinski definition) is 5. The number of likely N-dealkylation sites (tertiary alicyclic amines) is 1. The molecule has 108 valence electrons. The summed E-state index contributed by atoms with van der Waals surface area (Å²) >= 11 is 0. The van der Waals surface area contributed by atoms with Gasteiger partial charge in [0.25, 0.3) is 0 Å². The van der Waals surface area contributed by atoms with Crippen LogP contribution >= 0.6 is 0 Å². The van der Waals surface area contributed by atoms with Crippen molar-refractivity contribution in [2.75, 3.05) is 12.3 Å². The average Bonchev–Trinajstić information content (AvgIpc) is 3.09. The summed E-state index contributed by atoms with van der Waals surface area (Å²) in [5.41, 5.74) is 5.69. The predicted molar refractivity (Wildman–Crippen MR) is 73.9 cm³/mol. The third kappa shape index (κ3) is 2.69. The number of nitrogens with two attached hydrogens (primary N) is 1. The van der Waals surface area contributed by atoms with Crippen molar-refractivity contribution in [2.45, 2.75) is 50.7 Å². The van der Waals surface area contributed by atoms with Crippen LogP contribution in [0.3, 0.4) is 0 Å². The van der Waals surface area contributed by atoms with E-state index in [0.717, 1.165) is 38.5 Å². The van der Waals surface area contributed by atoms with Gasteiger partial charge in [0.1, 0.15) is 11.9 Å². The molecule has 20 heavy (non-hydrogen) atoms. The summed E-state index contributed by atoms with van der Waals surface area (Å²) in [6.07, 6.45) is 7.58. The van der Waals surface area contributed by atoms with Crippen LogP contribution in [0.5, 0.6) is 0 Å². The van der Waals surface area contributed by atoms with E-state index in [2.05, 4.69) is 9.97 Å². The maximum atomic E-state index is 12.3. The van der Waals surface area contributed by atoms with Gasteiger partial charge in [0, 0.05) is 12.7 Å². The minimum atomic E-state index is -0.231. The normalized spacial score (nSPS) is 23.2. The molecule has 1 atom stereocenters. The summed E-state index contributed by atoms with van der Waals surface area (Å²) in [5, 5.41) is 0. The van der Waals surface area contributed by atoms with Gasteiger partial charge in [-0.05, 0) is 44.6 Å². The van der Waals surface area contributed by atoms with Gasteiger partial charge in [-0.2, -0.15) is 0 Å². The Kier molecular flexibility index (Phi) is 3.71. The maximum Gasteiger partial charge on any atom is 0.410 e. The lowest BCUT2D eigenvalue weighted by molar-refractivity contribution is 0.0611. The monoisotopic (exact) mass is 276 g/mol. The lowest BCUT2D eigenvalue weighted by Gasteiger charge is -2.24. The first kappa shape index (κ1) is 13.1. The van der Waals surface area contributed by atoms with E-state index in [4.69, 9.17) is 10.5 Å². The van der Waals surface area contributed by atoms with Crippen molar-refractivity contribution in [1.82, 2.24) is 14.9 Å². The summed E-state index contributed by atoms with van der Waals surface area (Å²) in [5.74, 6) is 1.05. The number of aromatic nitrogens is 2. The minimum absolute atomic E-state index is 0.0884. The Labute approximate surface area is 118 Å². The molecule has 2 fully saturated rings. The van der Waals surface area contributed by atoms with Crippen LogP contribution in [0.25, 0.3) is 0 Å². The number of rotatable bonds is 2. The zero-order chi connectivity index (χ0) is 13.9. The summed E-state index contributed by atoms with van der Waals surface area (Å²) in [6, 6.07) is 1.55. The first-order valence-electron chi connectivity index (χ1n) is 7.30. The molecular formula is C14H20N4O2. The van der Waals surface area contributed by atoms with Crippen molar-refractivity contribution < 1.29 is 9.53 Å². The van der Waals surface area contributed by atoms with Crippen molar-refractivity contribution in [2.24, 2.45) is 0 Å². The summed E-state index contributed by atoms with van der Waals surface area (Å²) in [7, 11) is 0. The summed E-state index contributed by atoms with van der Waals surface area (Å²) in [6.45, 7) is 0.703. The van der Waals surface area contributed by atoms with Crippen molar-refractivity contribution in [3.05, 3.63) is 18.1 Å². The Balaban J connectivity index is 1.70. The SMILES string of the molecule is Nc1ccnc(C2CCCN2C(=O)OC2CCCC2)n1. The predicted octanol–water partition coefficient (Wildman–Crippen LogP) is 2.27. The molecule has 1 amide bonds. The molecule has 1 saturated heterocycles. The molecule has 1 aliphatic carbocycles. The molecule has 6 nitrogen and oxygen atoms in total. The van der Waals surface area contributed by atoms with Gasteiger partial charge in [0.15, 0.2) is 5.82 Å².